The van der Waals surface area contributed by atoms with Crippen LogP contribution >= 0.6 is 11.6 Å². The van der Waals surface area contributed by atoms with Gasteiger partial charge in [-0.25, -0.2) is 0 Å². The number of carboxylic acids is 1. The highest BCUT2D eigenvalue weighted by molar-refractivity contribution is 6.30. The Morgan fingerprint density at radius 2 is 1.89 bits per heavy atom. The molecule has 38 heavy (non-hydrogen) atoms. The van der Waals surface area contributed by atoms with Gasteiger partial charge in [-0.1, -0.05) is 37.6 Å². The number of aliphatic carboxylic acids is 1. The molecule has 0 fully saturated rings. The molecule has 0 radical (unpaired) electrons. The lowest BCUT2D eigenvalue weighted by Crippen LogP contribution is -2.46. The number of para-hydroxylation sites is 1. The average molecular weight is 549 g/mol. The summed E-state index contributed by atoms with van der Waals surface area (Å²) in [6.07, 6.45) is -2.72. The van der Waals surface area contributed by atoms with Crippen molar-refractivity contribution >= 4 is 35.1 Å². The Kier molecular flexibility index (Phi) is 9.59. The van der Waals surface area contributed by atoms with Gasteiger partial charge in [0.25, 0.3) is 5.91 Å². The fourth-order valence-corrected chi connectivity index (χ4v) is 4.44. The van der Waals surface area contributed by atoms with E-state index in [-0.39, 0.29) is 32.5 Å². The van der Waals surface area contributed by atoms with E-state index in [0.29, 0.717) is 33.3 Å². The number of hydrogen-bond acceptors (Lipinski definition) is 7. The van der Waals surface area contributed by atoms with Gasteiger partial charge in [-0.05, 0) is 24.3 Å². The summed E-state index contributed by atoms with van der Waals surface area (Å²) >= 11 is 6.40. The third kappa shape index (κ3) is 6.75. The predicted molar refractivity (Wildman–Crippen MR) is 141 cm³/mol. The van der Waals surface area contributed by atoms with E-state index >= 15 is 0 Å². The van der Waals surface area contributed by atoms with Gasteiger partial charge in [0.15, 0.2) is 11.5 Å². The summed E-state index contributed by atoms with van der Waals surface area (Å²) in [5.41, 5.74) is 0.973. The number of methoxy groups -OCH3 is 2. The van der Waals surface area contributed by atoms with Gasteiger partial charge in [0.05, 0.1) is 27.1 Å². The molecular formula is C27H33ClN2O8. The standard InChI is InChI=1S/C27H33ClN2O8/c1-27(2,15-31)14-30-19-9-8-16(28)12-18(19)24(17-6-5-7-20(36-3)25(17)37-4)38-21(26(30)35)13-22(32)29-11-10-23(33)34/h5-9,12,21,24,31H,10-11,13-15H2,1-4H3,(H,29,32)(H,33,34). The van der Waals surface area contributed by atoms with E-state index in [2.05, 4.69) is 5.32 Å². The second-order valence-corrected chi connectivity index (χ2v) is 10.2. The Labute approximate surface area is 226 Å². The number of carbonyl (C=O) groups excluding carboxylic acids is 2. The molecule has 1 heterocycles. The predicted octanol–water partition coefficient (Wildman–Crippen LogP) is 3.18. The largest absolute Gasteiger partial charge is 0.493 e. The highest BCUT2D eigenvalue weighted by atomic mass is 35.5. The van der Waals surface area contributed by atoms with Crippen molar-refractivity contribution < 1.29 is 38.8 Å². The molecule has 206 valence electrons. The van der Waals surface area contributed by atoms with Crippen molar-refractivity contribution in [1.29, 1.82) is 0 Å². The maximum atomic E-state index is 13.9. The van der Waals surface area contributed by atoms with Crippen molar-refractivity contribution in [1.82, 2.24) is 5.32 Å². The lowest BCUT2D eigenvalue weighted by atomic mass is 9.92. The molecule has 0 spiro atoms. The SMILES string of the molecule is COc1cccc(C2OC(CC(=O)NCCC(=O)O)C(=O)N(CC(C)(C)CO)c3ccc(Cl)cc32)c1OC. The Balaban J connectivity index is 2.14. The average Bonchev–Trinajstić information content (AvgIpc) is 2.98. The molecule has 1 aliphatic heterocycles. The number of carbonyl (C=O) groups is 3. The smallest absolute Gasteiger partial charge is 0.305 e. The molecule has 0 bridgehead atoms. The topological polar surface area (TPSA) is 135 Å². The maximum Gasteiger partial charge on any atom is 0.305 e. The maximum absolute atomic E-state index is 13.9. The van der Waals surface area contributed by atoms with Crippen LogP contribution in [0.25, 0.3) is 0 Å². The van der Waals surface area contributed by atoms with E-state index in [4.69, 9.17) is 30.9 Å². The zero-order valence-electron chi connectivity index (χ0n) is 21.8. The second kappa shape index (κ2) is 12.5. The Morgan fingerprint density at radius 1 is 1.16 bits per heavy atom. The molecule has 10 nitrogen and oxygen atoms in total. The Hall–Kier alpha value is -3.34. The molecule has 0 aromatic heterocycles. The van der Waals surface area contributed by atoms with Crippen LogP contribution in [0.3, 0.4) is 0 Å². The lowest BCUT2D eigenvalue weighted by Gasteiger charge is -2.32. The van der Waals surface area contributed by atoms with E-state index in [1.165, 1.54) is 19.1 Å². The van der Waals surface area contributed by atoms with Crippen LogP contribution in [0.5, 0.6) is 11.5 Å². The van der Waals surface area contributed by atoms with Gasteiger partial charge < -0.3 is 34.6 Å². The summed E-state index contributed by atoms with van der Waals surface area (Å²) in [6.45, 7) is 3.50. The van der Waals surface area contributed by atoms with Gasteiger partial charge in [-0.2, -0.15) is 0 Å². The molecule has 3 rings (SSSR count). The molecular weight excluding hydrogens is 516 g/mol. The van der Waals surface area contributed by atoms with Crippen LogP contribution in [0.1, 0.15) is 43.9 Å². The number of amides is 2. The van der Waals surface area contributed by atoms with Crippen LogP contribution in [0.4, 0.5) is 5.69 Å². The minimum absolute atomic E-state index is 0.0840. The molecule has 3 N–H and O–H groups in total. The highest BCUT2D eigenvalue weighted by Crippen LogP contribution is 2.45. The Bertz CT molecular complexity index is 1190. The monoisotopic (exact) mass is 548 g/mol. The number of halogens is 1. The van der Waals surface area contributed by atoms with E-state index in [9.17, 15) is 19.5 Å². The summed E-state index contributed by atoms with van der Waals surface area (Å²) in [5, 5.41) is 21.8. The first-order valence-corrected chi connectivity index (χ1v) is 12.5. The molecule has 2 amide bonds. The third-order valence-electron chi connectivity index (χ3n) is 6.17. The molecule has 0 aliphatic carbocycles. The first-order valence-electron chi connectivity index (χ1n) is 12.1. The fraction of sp³-hybridized carbons (Fsp3) is 0.444. The molecule has 2 atom stereocenters. The Morgan fingerprint density at radius 3 is 2.53 bits per heavy atom. The molecule has 0 saturated carbocycles. The van der Waals surface area contributed by atoms with Crippen LogP contribution in [-0.2, 0) is 19.1 Å². The van der Waals surface area contributed by atoms with Crippen molar-refractivity contribution in [3.63, 3.8) is 0 Å². The molecule has 2 aromatic rings. The van der Waals surface area contributed by atoms with Crippen LogP contribution in [0.2, 0.25) is 5.02 Å². The highest BCUT2D eigenvalue weighted by Gasteiger charge is 2.40. The molecule has 1 aliphatic rings. The van der Waals surface area contributed by atoms with Crippen molar-refractivity contribution in [2.75, 3.05) is 38.8 Å². The summed E-state index contributed by atoms with van der Waals surface area (Å²) in [5.74, 6) is -1.22. The van der Waals surface area contributed by atoms with Gasteiger partial charge in [-0.3, -0.25) is 14.4 Å². The normalized spacial score (nSPS) is 17.4. The number of benzene rings is 2. The quantitative estimate of drug-likeness (QED) is 0.390. The summed E-state index contributed by atoms with van der Waals surface area (Å²) in [6, 6.07) is 10.3. The number of carboxylic acid groups (broad SMARTS) is 1. The summed E-state index contributed by atoms with van der Waals surface area (Å²) in [7, 11) is 3.00. The molecule has 11 heteroatoms. The fourth-order valence-electron chi connectivity index (χ4n) is 4.25. The van der Waals surface area contributed by atoms with E-state index in [1.54, 1.807) is 36.4 Å². The molecule has 2 aromatic carbocycles. The first kappa shape index (κ1) is 29.2. The number of anilines is 1. The van der Waals surface area contributed by atoms with Crippen LogP contribution in [0, 0.1) is 5.41 Å². The van der Waals surface area contributed by atoms with Crippen molar-refractivity contribution in [2.24, 2.45) is 5.41 Å². The number of fused-ring (bicyclic) bond motifs is 1. The summed E-state index contributed by atoms with van der Waals surface area (Å²) < 4.78 is 17.5. The van der Waals surface area contributed by atoms with Crippen LogP contribution < -0.4 is 19.7 Å². The van der Waals surface area contributed by atoms with Crippen LogP contribution in [-0.4, -0.2) is 68.0 Å². The number of aliphatic hydroxyl groups is 1. The van der Waals surface area contributed by atoms with Crippen molar-refractivity contribution in [3.05, 3.63) is 52.5 Å². The first-order chi connectivity index (χ1) is 18.0. The number of nitrogens with zero attached hydrogens (tertiary/aromatic N) is 1. The van der Waals surface area contributed by atoms with E-state index < -0.39 is 35.4 Å². The van der Waals surface area contributed by atoms with Crippen LogP contribution in [0.15, 0.2) is 36.4 Å². The van der Waals surface area contributed by atoms with Crippen molar-refractivity contribution in [3.8, 4) is 11.5 Å². The third-order valence-corrected chi connectivity index (χ3v) is 6.40. The number of nitrogens with one attached hydrogen (secondary N) is 1. The molecule has 0 saturated heterocycles. The minimum Gasteiger partial charge on any atom is -0.493 e. The zero-order chi connectivity index (χ0) is 28.0. The van der Waals surface area contributed by atoms with E-state index in [1.807, 2.05) is 13.8 Å². The van der Waals surface area contributed by atoms with Crippen molar-refractivity contribution in [2.45, 2.75) is 38.9 Å². The van der Waals surface area contributed by atoms with Gasteiger partial charge in [0, 0.05) is 46.9 Å². The summed E-state index contributed by atoms with van der Waals surface area (Å²) in [4.78, 5) is 39.0. The number of aliphatic hydroxyl groups excluding tert-OH is 1. The zero-order valence-corrected chi connectivity index (χ0v) is 22.6. The number of hydrogen-bond donors (Lipinski definition) is 3. The lowest BCUT2D eigenvalue weighted by molar-refractivity contribution is -0.139. The second-order valence-electron chi connectivity index (χ2n) is 9.74. The molecule has 2 unspecified atom stereocenters. The van der Waals surface area contributed by atoms with Gasteiger partial charge in [0.1, 0.15) is 12.2 Å². The van der Waals surface area contributed by atoms with Gasteiger partial charge in [0.2, 0.25) is 5.91 Å². The number of ether oxygens (including phenoxy) is 3. The van der Waals surface area contributed by atoms with E-state index in [0.717, 1.165) is 0 Å². The van der Waals surface area contributed by atoms with Gasteiger partial charge >= 0.3 is 5.97 Å². The van der Waals surface area contributed by atoms with Gasteiger partial charge in [-0.15, -0.1) is 0 Å². The number of rotatable bonds is 11. The minimum atomic E-state index is -1.23.